The molecule has 1 aromatic heterocycles. The van der Waals surface area contributed by atoms with Crippen LogP contribution in [0.2, 0.25) is 0 Å². The largest absolute Gasteiger partial charge is 0.451 e. The highest BCUT2D eigenvalue weighted by molar-refractivity contribution is 6.31. The van der Waals surface area contributed by atoms with Gasteiger partial charge in [0.25, 0.3) is 0 Å². The minimum Gasteiger partial charge on any atom is -0.451 e. The van der Waals surface area contributed by atoms with Crippen molar-refractivity contribution in [3.05, 3.63) is 64.4 Å². The van der Waals surface area contributed by atoms with E-state index in [0.717, 1.165) is 17.9 Å². The first kappa shape index (κ1) is 16.3. The van der Waals surface area contributed by atoms with Crippen LogP contribution in [0.4, 0.5) is 0 Å². The molecule has 5 nitrogen and oxygen atoms in total. The second-order valence-electron chi connectivity index (χ2n) is 8.25. The van der Waals surface area contributed by atoms with Crippen LogP contribution in [0.25, 0.3) is 11.0 Å². The molecule has 136 valence electrons. The van der Waals surface area contributed by atoms with Crippen molar-refractivity contribution in [2.75, 3.05) is 6.73 Å². The van der Waals surface area contributed by atoms with E-state index < -0.39 is 0 Å². The summed E-state index contributed by atoms with van der Waals surface area (Å²) < 4.78 is 12.0. The lowest BCUT2D eigenvalue weighted by Gasteiger charge is -2.35. The Morgan fingerprint density at radius 2 is 1.67 bits per heavy atom. The molecule has 0 bridgehead atoms. The van der Waals surface area contributed by atoms with Gasteiger partial charge in [0.2, 0.25) is 12.5 Å². The molecule has 1 aliphatic carbocycles. The van der Waals surface area contributed by atoms with Gasteiger partial charge in [-0.1, -0.05) is 24.3 Å². The molecule has 5 heteroatoms. The quantitative estimate of drug-likeness (QED) is 0.523. The van der Waals surface area contributed by atoms with E-state index in [0.29, 0.717) is 34.4 Å². The van der Waals surface area contributed by atoms with E-state index in [2.05, 4.69) is 20.8 Å². The maximum atomic E-state index is 13.1. The maximum Gasteiger partial charge on any atom is 0.229 e. The van der Waals surface area contributed by atoms with Crippen LogP contribution in [0, 0.1) is 0 Å². The first-order valence-corrected chi connectivity index (χ1v) is 9.11. The second kappa shape index (κ2) is 5.30. The van der Waals surface area contributed by atoms with E-state index in [1.165, 1.54) is 4.90 Å². The Bertz CT molecular complexity index is 1130. The van der Waals surface area contributed by atoms with Gasteiger partial charge in [0.1, 0.15) is 17.9 Å². The first-order chi connectivity index (χ1) is 12.9. The van der Waals surface area contributed by atoms with Crippen molar-refractivity contribution in [3.8, 4) is 5.75 Å². The third-order valence-electron chi connectivity index (χ3n) is 5.62. The smallest absolute Gasteiger partial charge is 0.229 e. The molecular formula is C22H20NO4+. The zero-order valence-electron chi connectivity index (χ0n) is 15.5. The van der Waals surface area contributed by atoms with Crippen LogP contribution in [-0.4, -0.2) is 23.8 Å². The predicted molar refractivity (Wildman–Crippen MR) is 99.4 cm³/mol. The monoisotopic (exact) mass is 362 g/mol. The molecule has 1 unspecified atom stereocenters. The van der Waals surface area contributed by atoms with Crippen molar-refractivity contribution in [2.24, 2.45) is 0 Å². The number of benzene rings is 2. The Labute approximate surface area is 156 Å². The van der Waals surface area contributed by atoms with Gasteiger partial charge in [0.05, 0.1) is 16.7 Å². The van der Waals surface area contributed by atoms with Crippen LogP contribution < -0.4 is 9.64 Å². The van der Waals surface area contributed by atoms with Gasteiger partial charge in [-0.25, -0.2) is 0 Å². The number of carbonyl (C=O) groups is 2. The van der Waals surface area contributed by atoms with E-state index >= 15 is 0 Å². The Balaban J connectivity index is 1.74. The minimum absolute atomic E-state index is 0.00788. The van der Waals surface area contributed by atoms with Crippen molar-refractivity contribution in [1.82, 2.24) is 0 Å². The lowest BCUT2D eigenvalue weighted by molar-refractivity contribution is -0.976. The standard InChI is InChI=1S/C22H19NO4/c1-22(2,3)23-10-15-16(26-11-23)9-8-14-17-18(24)12-6-4-5-7-13(12)19(25)21(17)27-20(14)15/h4-9H,10-11H2,1-3H3/p+1. The summed E-state index contributed by atoms with van der Waals surface area (Å²) in [7, 11) is 0. The minimum atomic E-state index is -0.234. The van der Waals surface area contributed by atoms with Gasteiger partial charge in [0.15, 0.2) is 11.5 Å². The molecule has 0 saturated heterocycles. The van der Waals surface area contributed by atoms with Crippen molar-refractivity contribution in [3.63, 3.8) is 0 Å². The number of hydrogen-bond acceptors (Lipinski definition) is 4. The number of hydrogen-bond donors (Lipinski definition) is 1. The number of rotatable bonds is 0. The topological polar surface area (TPSA) is 61.0 Å². The molecule has 0 radical (unpaired) electrons. The van der Waals surface area contributed by atoms with Gasteiger partial charge >= 0.3 is 0 Å². The van der Waals surface area contributed by atoms with Gasteiger partial charge in [-0.05, 0) is 32.9 Å². The molecule has 27 heavy (non-hydrogen) atoms. The summed E-state index contributed by atoms with van der Waals surface area (Å²) in [4.78, 5) is 27.3. The van der Waals surface area contributed by atoms with Crippen LogP contribution in [-0.2, 0) is 6.54 Å². The average Bonchev–Trinajstić information content (AvgIpc) is 3.05. The fourth-order valence-electron chi connectivity index (χ4n) is 3.93. The van der Waals surface area contributed by atoms with Gasteiger partial charge in [-0.15, -0.1) is 0 Å². The van der Waals surface area contributed by atoms with E-state index in [4.69, 9.17) is 9.15 Å². The normalized spacial score (nSPS) is 18.7. The van der Waals surface area contributed by atoms with Gasteiger partial charge in [-0.3, -0.25) is 14.5 Å². The third-order valence-corrected chi connectivity index (χ3v) is 5.62. The number of nitrogens with one attached hydrogen (secondary N) is 1. The van der Waals surface area contributed by atoms with Gasteiger partial charge in [-0.2, -0.15) is 0 Å². The van der Waals surface area contributed by atoms with E-state index in [1.807, 2.05) is 12.1 Å². The number of ketones is 2. The molecule has 0 fully saturated rings. The Hall–Kier alpha value is -2.92. The zero-order valence-corrected chi connectivity index (χ0v) is 15.5. The van der Waals surface area contributed by atoms with Crippen LogP contribution in [0.5, 0.6) is 5.75 Å². The summed E-state index contributed by atoms with van der Waals surface area (Å²) in [6.07, 6.45) is 0. The molecular weight excluding hydrogens is 342 g/mol. The predicted octanol–water partition coefficient (Wildman–Crippen LogP) is 2.74. The van der Waals surface area contributed by atoms with E-state index in [-0.39, 0.29) is 22.9 Å². The molecule has 2 aromatic carbocycles. The summed E-state index contributed by atoms with van der Waals surface area (Å²) in [5.41, 5.74) is 2.74. The van der Waals surface area contributed by atoms with Crippen molar-refractivity contribution in [2.45, 2.75) is 32.9 Å². The van der Waals surface area contributed by atoms with Gasteiger partial charge < -0.3 is 9.15 Å². The molecule has 5 rings (SSSR count). The number of quaternary nitrogens is 1. The van der Waals surface area contributed by atoms with Crippen LogP contribution in [0.1, 0.15) is 58.4 Å². The Morgan fingerprint density at radius 1 is 0.963 bits per heavy atom. The summed E-state index contributed by atoms with van der Waals surface area (Å²) in [6.45, 7) is 7.78. The lowest BCUT2D eigenvalue weighted by atomic mass is 9.87. The third kappa shape index (κ3) is 2.21. The highest BCUT2D eigenvalue weighted by Gasteiger charge is 2.38. The highest BCUT2D eigenvalue weighted by Crippen LogP contribution is 2.39. The highest BCUT2D eigenvalue weighted by atomic mass is 16.5. The molecule has 3 aromatic rings. The fraction of sp³-hybridized carbons (Fsp3) is 0.273. The molecule has 1 aliphatic heterocycles. The van der Waals surface area contributed by atoms with E-state index in [9.17, 15) is 9.59 Å². The van der Waals surface area contributed by atoms with Crippen LogP contribution >= 0.6 is 0 Å². The van der Waals surface area contributed by atoms with Crippen LogP contribution in [0.3, 0.4) is 0 Å². The molecule has 0 saturated carbocycles. The van der Waals surface area contributed by atoms with E-state index in [1.54, 1.807) is 24.3 Å². The molecule has 2 aliphatic rings. The molecule has 1 N–H and O–H groups in total. The molecule has 0 spiro atoms. The average molecular weight is 362 g/mol. The zero-order chi connectivity index (χ0) is 18.9. The van der Waals surface area contributed by atoms with Gasteiger partial charge in [0, 0.05) is 16.5 Å². The second-order valence-corrected chi connectivity index (χ2v) is 8.25. The fourth-order valence-corrected chi connectivity index (χ4v) is 3.93. The Kier molecular flexibility index (Phi) is 3.19. The number of carbonyl (C=O) groups excluding carboxylic acids is 2. The maximum absolute atomic E-state index is 13.1. The number of ether oxygens (including phenoxy) is 1. The number of fused-ring (bicyclic) bond motifs is 6. The van der Waals surface area contributed by atoms with Crippen LogP contribution in [0.15, 0.2) is 40.8 Å². The first-order valence-electron chi connectivity index (χ1n) is 9.11. The summed E-state index contributed by atoms with van der Waals surface area (Å²) in [6, 6.07) is 10.6. The Morgan fingerprint density at radius 3 is 2.37 bits per heavy atom. The molecule has 2 heterocycles. The summed E-state index contributed by atoms with van der Waals surface area (Å²) >= 11 is 0. The lowest BCUT2D eigenvalue weighted by Crippen LogP contribution is -3.19. The number of furan rings is 1. The SMILES string of the molecule is CC(C)(C)[NH+]1COc2ccc3c4c(oc3c2C1)C(=O)c1ccccc1C4=O. The summed E-state index contributed by atoms with van der Waals surface area (Å²) in [5.74, 6) is 0.515. The van der Waals surface area contributed by atoms with Crippen molar-refractivity contribution >= 4 is 22.5 Å². The van der Waals surface area contributed by atoms with Crippen molar-refractivity contribution in [1.29, 1.82) is 0 Å². The molecule has 1 atom stereocenters. The summed E-state index contributed by atoms with van der Waals surface area (Å²) in [5, 5.41) is 0.690. The molecule has 0 amide bonds. The van der Waals surface area contributed by atoms with Crippen molar-refractivity contribution < 1.29 is 23.6 Å².